The Kier molecular flexibility index (Phi) is 13.4. The molecule has 0 amide bonds. The molecule has 0 spiro atoms. The van der Waals surface area contributed by atoms with Crippen molar-refractivity contribution in [1.82, 2.24) is 0 Å². The van der Waals surface area contributed by atoms with Crippen LogP contribution < -0.4 is 0 Å². The van der Waals surface area contributed by atoms with Crippen LogP contribution in [0.15, 0.2) is 0 Å². The van der Waals surface area contributed by atoms with Crippen LogP contribution in [0.25, 0.3) is 0 Å². The van der Waals surface area contributed by atoms with Crippen molar-refractivity contribution >= 4 is 41.8 Å². The SMILES string of the molecule is CC(=O)OC[C@H]1O[C@H](O)[C@H](OC(C)=O)[C@@H](O[C@@H]2O[C@H](COC(C)=O)[C@@H](OC(C)=O)[C@H](OC(C)=O)[C@H]2OC(C)=O)[C@H]1OC(C)=O. The quantitative estimate of drug-likeness (QED) is 0.203. The fraction of sp³-hybridized carbons (Fsp3) is 0.731. The number of carbonyl (C=O) groups is 7. The fourth-order valence-corrected chi connectivity index (χ4v) is 4.49. The fourth-order valence-electron chi connectivity index (χ4n) is 4.49. The van der Waals surface area contributed by atoms with Gasteiger partial charge in [0.25, 0.3) is 0 Å². The molecule has 10 atom stereocenters. The Labute approximate surface area is 251 Å². The van der Waals surface area contributed by atoms with Crippen LogP contribution in [-0.4, -0.2) is 122 Å². The van der Waals surface area contributed by atoms with Gasteiger partial charge in [0.1, 0.15) is 31.5 Å². The highest BCUT2D eigenvalue weighted by atomic mass is 16.8. The zero-order valence-electron chi connectivity index (χ0n) is 25.1. The number of rotatable bonds is 11. The van der Waals surface area contributed by atoms with Crippen molar-refractivity contribution in [3.05, 3.63) is 0 Å². The number of carbonyl (C=O) groups excluding carboxylic acids is 7. The lowest BCUT2D eigenvalue weighted by atomic mass is 9.96. The normalized spacial score (nSPS) is 31.5. The summed E-state index contributed by atoms with van der Waals surface area (Å²) in [5.41, 5.74) is 0. The number of esters is 7. The Hall–Kier alpha value is -3.87. The highest BCUT2D eigenvalue weighted by molar-refractivity contribution is 5.69. The maximum absolute atomic E-state index is 12.2. The molecule has 2 aliphatic rings. The van der Waals surface area contributed by atoms with Gasteiger partial charge < -0.3 is 52.5 Å². The molecule has 248 valence electrons. The van der Waals surface area contributed by atoms with Gasteiger partial charge in [-0.2, -0.15) is 0 Å². The summed E-state index contributed by atoms with van der Waals surface area (Å²) in [7, 11) is 0. The first-order valence-corrected chi connectivity index (χ1v) is 13.3. The molecule has 2 saturated heterocycles. The van der Waals surface area contributed by atoms with E-state index in [2.05, 4.69) is 0 Å². The largest absolute Gasteiger partial charge is 0.463 e. The van der Waals surface area contributed by atoms with Gasteiger partial charge in [0.2, 0.25) is 0 Å². The van der Waals surface area contributed by atoms with Gasteiger partial charge in [-0.25, -0.2) is 0 Å². The molecule has 0 bridgehead atoms. The topological polar surface area (TPSA) is 232 Å². The molecule has 0 radical (unpaired) electrons. The first-order chi connectivity index (χ1) is 20.5. The van der Waals surface area contributed by atoms with Crippen LogP contribution in [0.3, 0.4) is 0 Å². The Bertz CT molecular complexity index is 1090. The van der Waals surface area contributed by atoms with Crippen LogP contribution in [0.2, 0.25) is 0 Å². The Balaban J connectivity index is 2.66. The summed E-state index contributed by atoms with van der Waals surface area (Å²) in [6, 6.07) is 0. The van der Waals surface area contributed by atoms with Crippen LogP contribution in [0.4, 0.5) is 0 Å². The first kappa shape index (κ1) is 36.3. The van der Waals surface area contributed by atoms with E-state index in [4.69, 9.17) is 47.4 Å². The maximum Gasteiger partial charge on any atom is 0.303 e. The van der Waals surface area contributed by atoms with Crippen molar-refractivity contribution in [2.75, 3.05) is 13.2 Å². The smallest absolute Gasteiger partial charge is 0.303 e. The van der Waals surface area contributed by atoms with Crippen molar-refractivity contribution < 1.29 is 86.0 Å². The van der Waals surface area contributed by atoms with E-state index in [0.29, 0.717) is 0 Å². The van der Waals surface area contributed by atoms with Crippen LogP contribution in [0.5, 0.6) is 0 Å². The van der Waals surface area contributed by atoms with Gasteiger partial charge in [-0.3, -0.25) is 33.6 Å². The van der Waals surface area contributed by atoms with Crippen molar-refractivity contribution in [2.24, 2.45) is 0 Å². The van der Waals surface area contributed by atoms with Crippen LogP contribution >= 0.6 is 0 Å². The number of ether oxygens (including phenoxy) is 10. The third-order valence-corrected chi connectivity index (χ3v) is 5.90. The molecular formula is C26H36O18. The van der Waals surface area contributed by atoms with Crippen molar-refractivity contribution in [2.45, 2.75) is 110 Å². The molecule has 0 aromatic carbocycles. The molecule has 18 nitrogen and oxygen atoms in total. The number of aliphatic hydroxyl groups excluding tert-OH is 1. The summed E-state index contributed by atoms with van der Waals surface area (Å²) in [6.07, 6.45) is -16.4. The van der Waals surface area contributed by atoms with Crippen LogP contribution in [0, 0.1) is 0 Å². The molecule has 0 aliphatic carbocycles. The third-order valence-electron chi connectivity index (χ3n) is 5.90. The number of hydrogen-bond acceptors (Lipinski definition) is 18. The average molecular weight is 637 g/mol. The van der Waals surface area contributed by atoms with Gasteiger partial charge in [0, 0.05) is 48.5 Å². The van der Waals surface area contributed by atoms with Crippen molar-refractivity contribution in [3.8, 4) is 0 Å². The Morgan fingerprint density at radius 1 is 0.477 bits per heavy atom. The van der Waals surface area contributed by atoms with E-state index in [1.807, 2.05) is 0 Å². The highest BCUT2D eigenvalue weighted by Gasteiger charge is 2.57. The molecule has 44 heavy (non-hydrogen) atoms. The van der Waals surface area contributed by atoms with E-state index in [1.54, 1.807) is 0 Å². The summed E-state index contributed by atoms with van der Waals surface area (Å²) < 4.78 is 54.0. The Morgan fingerprint density at radius 3 is 1.27 bits per heavy atom. The summed E-state index contributed by atoms with van der Waals surface area (Å²) in [6.45, 7) is 6.13. The second-order valence-electron chi connectivity index (χ2n) is 9.68. The molecule has 18 heteroatoms. The molecule has 0 aromatic rings. The van der Waals surface area contributed by atoms with Gasteiger partial charge >= 0.3 is 41.8 Å². The monoisotopic (exact) mass is 636 g/mol. The van der Waals surface area contributed by atoms with E-state index in [1.165, 1.54) is 0 Å². The van der Waals surface area contributed by atoms with E-state index < -0.39 is 116 Å². The molecule has 0 saturated carbocycles. The molecule has 2 fully saturated rings. The lowest BCUT2D eigenvalue weighted by Gasteiger charge is -2.48. The zero-order valence-corrected chi connectivity index (χ0v) is 25.1. The maximum atomic E-state index is 12.2. The lowest BCUT2D eigenvalue weighted by molar-refractivity contribution is -0.357. The second-order valence-corrected chi connectivity index (χ2v) is 9.68. The van der Waals surface area contributed by atoms with E-state index >= 15 is 0 Å². The van der Waals surface area contributed by atoms with Gasteiger partial charge in [-0.1, -0.05) is 0 Å². The minimum atomic E-state index is -1.94. The summed E-state index contributed by atoms with van der Waals surface area (Å²) in [5, 5.41) is 10.8. The molecule has 0 aromatic heterocycles. The summed E-state index contributed by atoms with van der Waals surface area (Å²) >= 11 is 0. The van der Waals surface area contributed by atoms with Gasteiger partial charge in [0.05, 0.1) is 0 Å². The van der Waals surface area contributed by atoms with E-state index in [0.717, 1.165) is 48.5 Å². The Morgan fingerprint density at radius 2 is 0.841 bits per heavy atom. The molecule has 2 aliphatic heterocycles. The van der Waals surface area contributed by atoms with E-state index in [9.17, 15) is 38.7 Å². The van der Waals surface area contributed by atoms with Crippen LogP contribution in [-0.2, 0) is 80.9 Å². The first-order valence-electron chi connectivity index (χ1n) is 13.3. The summed E-state index contributed by atoms with van der Waals surface area (Å²) in [4.78, 5) is 83.5. The molecule has 0 unspecified atom stereocenters. The van der Waals surface area contributed by atoms with Crippen molar-refractivity contribution in [1.29, 1.82) is 0 Å². The zero-order chi connectivity index (χ0) is 33.3. The predicted octanol–water partition coefficient (Wildman–Crippen LogP) is -1.40. The average Bonchev–Trinajstić information content (AvgIpc) is 2.87. The minimum absolute atomic E-state index is 0.560. The standard InChI is InChI=1S/C26H36O18/c1-10(27)35-8-17-19(37-12(3)29)21(23(25(34)42-17)40-15(6)32)44-26-24(41-16(7)33)22(39-14(5)31)20(38-13(4)30)18(43-26)9-36-11(2)28/h17-26,34H,8-9H2,1-7H3/t17-,18-,19+,20-,21+,22+,23-,24-,25+,26+/m1/s1. The molecular weight excluding hydrogens is 600 g/mol. The van der Waals surface area contributed by atoms with Crippen molar-refractivity contribution in [3.63, 3.8) is 0 Å². The predicted molar refractivity (Wildman–Crippen MR) is 135 cm³/mol. The van der Waals surface area contributed by atoms with E-state index in [-0.39, 0.29) is 0 Å². The third kappa shape index (κ3) is 10.7. The summed E-state index contributed by atoms with van der Waals surface area (Å²) in [5.74, 6) is -6.03. The molecule has 2 heterocycles. The van der Waals surface area contributed by atoms with Gasteiger partial charge in [-0.05, 0) is 0 Å². The minimum Gasteiger partial charge on any atom is -0.463 e. The number of hydrogen-bond donors (Lipinski definition) is 1. The van der Waals surface area contributed by atoms with Gasteiger partial charge in [0.15, 0.2) is 43.1 Å². The highest BCUT2D eigenvalue weighted by Crippen LogP contribution is 2.35. The lowest BCUT2D eigenvalue weighted by Crippen LogP contribution is -2.67. The molecule has 2 rings (SSSR count). The molecule has 1 N–H and O–H groups in total. The number of aliphatic hydroxyl groups is 1. The van der Waals surface area contributed by atoms with Gasteiger partial charge in [-0.15, -0.1) is 0 Å². The van der Waals surface area contributed by atoms with Crippen LogP contribution in [0.1, 0.15) is 48.5 Å². The second kappa shape index (κ2) is 16.3.